The molecular weight excluding hydrogens is 334 g/mol. The van der Waals surface area contributed by atoms with E-state index in [4.69, 9.17) is 9.47 Å². The Morgan fingerprint density at radius 1 is 1.27 bits per heavy atom. The summed E-state index contributed by atoms with van der Waals surface area (Å²) in [4.78, 5) is 26.4. The summed E-state index contributed by atoms with van der Waals surface area (Å²) in [5, 5.41) is 4.40. The Morgan fingerprint density at radius 3 is 2.62 bits per heavy atom. The number of benzene rings is 1. The van der Waals surface area contributed by atoms with Crippen LogP contribution in [-0.4, -0.2) is 53.4 Å². The molecule has 0 bridgehead atoms. The second-order valence-electron chi connectivity index (χ2n) is 6.26. The predicted octanol–water partition coefficient (Wildman–Crippen LogP) is 2.30. The number of methoxy groups -OCH3 is 1. The molecule has 26 heavy (non-hydrogen) atoms. The lowest BCUT2D eigenvalue weighted by molar-refractivity contribution is -0.143. The van der Waals surface area contributed by atoms with Gasteiger partial charge in [0.15, 0.2) is 11.4 Å². The quantitative estimate of drug-likeness (QED) is 0.678. The maximum Gasteiger partial charge on any atom is 0.325 e. The molecule has 1 saturated carbocycles. The zero-order valence-corrected chi connectivity index (χ0v) is 15.1. The van der Waals surface area contributed by atoms with Crippen LogP contribution in [0, 0.1) is 5.92 Å². The number of ether oxygens (including phenoxy) is 2. The molecule has 3 rings (SSSR count). The SMILES string of the molecule is CCOC(=O)CN(CC1CC1)C(=O)c1nn(-c2ccccc2)cc1OC. The van der Waals surface area contributed by atoms with Gasteiger partial charge in [-0.1, -0.05) is 18.2 Å². The minimum absolute atomic E-state index is 0.0788. The van der Waals surface area contributed by atoms with Gasteiger partial charge in [0.1, 0.15) is 6.54 Å². The molecule has 0 unspecified atom stereocenters. The van der Waals surface area contributed by atoms with Gasteiger partial charge in [-0.3, -0.25) is 9.59 Å². The van der Waals surface area contributed by atoms with Gasteiger partial charge in [0, 0.05) is 6.54 Å². The Morgan fingerprint density at radius 2 is 2.00 bits per heavy atom. The van der Waals surface area contributed by atoms with Crippen molar-refractivity contribution in [2.24, 2.45) is 5.92 Å². The van der Waals surface area contributed by atoms with Crippen molar-refractivity contribution in [2.75, 3.05) is 26.8 Å². The average Bonchev–Trinajstić information content (AvgIpc) is 3.36. The van der Waals surface area contributed by atoms with Crippen LogP contribution in [0.2, 0.25) is 0 Å². The summed E-state index contributed by atoms with van der Waals surface area (Å²) in [6.07, 6.45) is 3.81. The fourth-order valence-electron chi connectivity index (χ4n) is 2.71. The molecule has 0 aliphatic heterocycles. The first-order chi connectivity index (χ1) is 12.6. The molecule has 1 aromatic carbocycles. The first-order valence-corrected chi connectivity index (χ1v) is 8.76. The van der Waals surface area contributed by atoms with Crippen LogP contribution in [0.3, 0.4) is 0 Å². The number of aromatic nitrogens is 2. The summed E-state index contributed by atoms with van der Waals surface area (Å²) in [5.74, 6) is 0.0820. The summed E-state index contributed by atoms with van der Waals surface area (Å²) in [6, 6.07) is 9.48. The third-order valence-electron chi connectivity index (χ3n) is 4.21. The second kappa shape index (κ2) is 8.03. The van der Waals surface area contributed by atoms with E-state index in [0.29, 0.717) is 18.2 Å². The summed E-state index contributed by atoms with van der Waals surface area (Å²) in [7, 11) is 1.50. The van der Waals surface area contributed by atoms with Crippen LogP contribution in [0.4, 0.5) is 0 Å². The number of carbonyl (C=O) groups is 2. The summed E-state index contributed by atoms with van der Waals surface area (Å²) < 4.78 is 11.9. The van der Waals surface area contributed by atoms with Gasteiger partial charge in [-0.2, -0.15) is 5.10 Å². The van der Waals surface area contributed by atoms with Crippen LogP contribution in [0.15, 0.2) is 36.5 Å². The van der Waals surface area contributed by atoms with Crippen LogP contribution < -0.4 is 4.74 Å². The van der Waals surface area contributed by atoms with Crippen LogP contribution in [0.25, 0.3) is 5.69 Å². The van der Waals surface area contributed by atoms with Crippen molar-refractivity contribution in [3.05, 3.63) is 42.2 Å². The molecule has 0 spiro atoms. The Bertz CT molecular complexity index is 768. The predicted molar refractivity (Wildman–Crippen MR) is 95.4 cm³/mol. The normalized spacial score (nSPS) is 13.3. The van der Waals surface area contributed by atoms with E-state index in [1.54, 1.807) is 17.8 Å². The Kier molecular flexibility index (Phi) is 5.55. The van der Waals surface area contributed by atoms with E-state index in [-0.39, 0.29) is 24.8 Å². The fourth-order valence-corrected chi connectivity index (χ4v) is 2.71. The topological polar surface area (TPSA) is 73.7 Å². The van der Waals surface area contributed by atoms with Crippen LogP contribution in [0.1, 0.15) is 30.3 Å². The highest BCUT2D eigenvalue weighted by molar-refractivity contribution is 5.96. The fraction of sp³-hybridized carbons (Fsp3) is 0.421. The van der Waals surface area contributed by atoms with E-state index in [1.165, 1.54) is 12.0 Å². The van der Waals surface area contributed by atoms with Gasteiger partial charge in [0.05, 0.1) is 25.6 Å². The highest BCUT2D eigenvalue weighted by Gasteiger charge is 2.31. The van der Waals surface area contributed by atoms with E-state index >= 15 is 0 Å². The number of rotatable bonds is 8. The molecule has 0 saturated heterocycles. The number of para-hydroxylation sites is 1. The highest BCUT2D eigenvalue weighted by Crippen LogP contribution is 2.31. The maximum absolute atomic E-state index is 13.0. The molecule has 138 valence electrons. The van der Waals surface area contributed by atoms with Gasteiger partial charge in [-0.15, -0.1) is 0 Å². The van der Waals surface area contributed by atoms with Crippen LogP contribution >= 0.6 is 0 Å². The van der Waals surface area contributed by atoms with Gasteiger partial charge in [0.2, 0.25) is 0 Å². The van der Waals surface area contributed by atoms with Gasteiger partial charge < -0.3 is 14.4 Å². The minimum atomic E-state index is -0.414. The minimum Gasteiger partial charge on any atom is -0.493 e. The largest absolute Gasteiger partial charge is 0.493 e. The number of amides is 1. The molecule has 1 aromatic heterocycles. The zero-order chi connectivity index (χ0) is 18.5. The lowest BCUT2D eigenvalue weighted by atomic mass is 10.3. The molecule has 1 fully saturated rings. The highest BCUT2D eigenvalue weighted by atomic mass is 16.5. The number of nitrogens with zero attached hydrogens (tertiary/aromatic N) is 3. The lowest BCUT2D eigenvalue weighted by Gasteiger charge is -2.20. The summed E-state index contributed by atoms with van der Waals surface area (Å²) in [5.41, 5.74) is 1.02. The molecule has 1 aliphatic carbocycles. The van der Waals surface area contributed by atoms with Crippen molar-refractivity contribution in [2.45, 2.75) is 19.8 Å². The number of carbonyl (C=O) groups excluding carboxylic acids is 2. The molecule has 2 aromatic rings. The smallest absolute Gasteiger partial charge is 0.325 e. The molecule has 0 atom stereocenters. The van der Waals surface area contributed by atoms with Crippen molar-refractivity contribution in [1.29, 1.82) is 0 Å². The number of hydrogen-bond acceptors (Lipinski definition) is 5. The first-order valence-electron chi connectivity index (χ1n) is 8.76. The molecule has 0 N–H and O–H groups in total. The first kappa shape index (κ1) is 18.0. The monoisotopic (exact) mass is 357 g/mol. The van der Waals surface area contributed by atoms with Gasteiger partial charge in [-0.05, 0) is 37.8 Å². The molecular formula is C19H23N3O4. The van der Waals surface area contributed by atoms with E-state index in [1.807, 2.05) is 30.3 Å². The maximum atomic E-state index is 13.0. The van der Waals surface area contributed by atoms with E-state index in [0.717, 1.165) is 18.5 Å². The molecule has 1 heterocycles. The Hall–Kier alpha value is -2.83. The van der Waals surface area contributed by atoms with Crippen molar-refractivity contribution in [3.8, 4) is 11.4 Å². The third kappa shape index (κ3) is 4.22. The average molecular weight is 357 g/mol. The van der Waals surface area contributed by atoms with Crippen molar-refractivity contribution in [3.63, 3.8) is 0 Å². The third-order valence-corrected chi connectivity index (χ3v) is 4.21. The summed E-state index contributed by atoms with van der Waals surface area (Å²) in [6.45, 7) is 2.48. The van der Waals surface area contributed by atoms with E-state index in [2.05, 4.69) is 5.10 Å². The second-order valence-corrected chi connectivity index (χ2v) is 6.26. The molecule has 1 aliphatic rings. The molecule has 7 nitrogen and oxygen atoms in total. The summed E-state index contributed by atoms with van der Waals surface area (Å²) >= 11 is 0. The lowest BCUT2D eigenvalue weighted by Crippen LogP contribution is -2.38. The van der Waals surface area contributed by atoms with Gasteiger partial charge in [-0.25, -0.2) is 4.68 Å². The molecule has 1 amide bonds. The van der Waals surface area contributed by atoms with Crippen LogP contribution in [-0.2, 0) is 9.53 Å². The Labute approximate surface area is 152 Å². The molecule has 7 heteroatoms. The van der Waals surface area contributed by atoms with Crippen molar-refractivity contribution < 1.29 is 19.1 Å². The van der Waals surface area contributed by atoms with Gasteiger partial charge >= 0.3 is 5.97 Å². The van der Waals surface area contributed by atoms with Crippen molar-refractivity contribution >= 4 is 11.9 Å². The van der Waals surface area contributed by atoms with Crippen molar-refractivity contribution in [1.82, 2.24) is 14.7 Å². The number of esters is 1. The zero-order valence-electron chi connectivity index (χ0n) is 15.1. The van der Waals surface area contributed by atoms with Crippen LogP contribution in [0.5, 0.6) is 5.75 Å². The van der Waals surface area contributed by atoms with E-state index in [9.17, 15) is 9.59 Å². The number of hydrogen-bond donors (Lipinski definition) is 0. The standard InChI is InChI=1S/C19H23N3O4/c1-3-26-17(23)13-21(11-14-9-10-14)19(24)18-16(25-2)12-22(20-18)15-7-5-4-6-8-15/h4-8,12,14H,3,9-11,13H2,1-2H3. The Balaban J connectivity index is 1.85. The van der Waals surface area contributed by atoms with E-state index < -0.39 is 5.97 Å². The molecule has 0 radical (unpaired) electrons. The van der Waals surface area contributed by atoms with Gasteiger partial charge in [0.25, 0.3) is 5.91 Å².